The Labute approximate surface area is 140 Å². The Morgan fingerprint density at radius 2 is 1.96 bits per heavy atom. The van der Waals surface area contributed by atoms with Crippen molar-refractivity contribution < 1.29 is 14.3 Å². The van der Waals surface area contributed by atoms with Gasteiger partial charge in [0.2, 0.25) is 5.91 Å². The molecule has 136 valence electrons. The third-order valence-electron chi connectivity index (χ3n) is 3.16. The molecule has 1 atom stereocenters. The first kappa shape index (κ1) is 21.7. The molecule has 0 saturated carbocycles. The Hall–Kier alpha value is -1.34. The fourth-order valence-electron chi connectivity index (χ4n) is 1.69. The molecule has 0 heterocycles. The Kier molecular flexibility index (Phi) is 14.6. The summed E-state index contributed by atoms with van der Waals surface area (Å²) in [7, 11) is 1.66. The zero-order chi connectivity index (χ0) is 17.3. The van der Waals surface area contributed by atoms with Gasteiger partial charge in [-0.25, -0.2) is 0 Å². The van der Waals surface area contributed by atoms with Crippen LogP contribution in [-0.2, 0) is 14.3 Å². The number of guanidine groups is 1. The molecule has 7 nitrogen and oxygen atoms in total. The summed E-state index contributed by atoms with van der Waals surface area (Å²) < 4.78 is 10.3. The summed E-state index contributed by atoms with van der Waals surface area (Å²) in [6.45, 7) is 10.0. The largest absolute Gasteiger partial charge is 0.382 e. The van der Waals surface area contributed by atoms with Crippen LogP contribution in [0, 0.1) is 0 Å². The lowest BCUT2D eigenvalue weighted by atomic mass is 10.2. The van der Waals surface area contributed by atoms with Crippen molar-refractivity contribution in [2.75, 3.05) is 46.6 Å². The number of amides is 1. The van der Waals surface area contributed by atoms with Crippen molar-refractivity contribution in [1.29, 1.82) is 0 Å². The Bertz CT molecular complexity index is 324. The van der Waals surface area contributed by atoms with E-state index in [4.69, 9.17) is 9.47 Å². The molecule has 0 saturated heterocycles. The molecule has 0 bridgehead atoms. The summed E-state index contributed by atoms with van der Waals surface area (Å²) in [5.41, 5.74) is 0. The van der Waals surface area contributed by atoms with E-state index in [1.165, 1.54) is 0 Å². The number of carbonyl (C=O) groups is 1. The molecule has 0 spiro atoms. The second-order valence-corrected chi connectivity index (χ2v) is 5.27. The zero-order valence-electron chi connectivity index (χ0n) is 15.1. The number of carbonyl (C=O) groups excluding carboxylic acids is 1. The van der Waals surface area contributed by atoms with Gasteiger partial charge in [-0.2, -0.15) is 0 Å². The number of ether oxygens (including phenoxy) is 2. The van der Waals surface area contributed by atoms with Gasteiger partial charge in [-0.15, -0.1) is 0 Å². The van der Waals surface area contributed by atoms with Gasteiger partial charge in [0.25, 0.3) is 0 Å². The van der Waals surface area contributed by atoms with Crippen LogP contribution in [-0.4, -0.2) is 64.5 Å². The lowest BCUT2D eigenvalue weighted by Gasteiger charge is -2.13. The molecule has 0 aromatic rings. The van der Waals surface area contributed by atoms with Gasteiger partial charge in [-0.1, -0.05) is 6.92 Å². The van der Waals surface area contributed by atoms with Gasteiger partial charge in [0.1, 0.15) is 0 Å². The second kappa shape index (κ2) is 15.6. The molecule has 0 aliphatic rings. The predicted octanol–water partition coefficient (Wildman–Crippen LogP) is 0.899. The lowest BCUT2D eigenvalue weighted by molar-refractivity contribution is -0.121. The third kappa shape index (κ3) is 14.0. The highest BCUT2D eigenvalue weighted by Gasteiger charge is 2.05. The maximum atomic E-state index is 11.7. The summed E-state index contributed by atoms with van der Waals surface area (Å²) in [6, 6.07) is 0.225. The van der Waals surface area contributed by atoms with E-state index in [0.717, 1.165) is 25.3 Å². The predicted molar refractivity (Wildman–Crippen MR) is 93.8 cm³/mol. The minimum absolute atomic E-state index is 0.0641. The minimum Gasteiger partial charge on any atom is -0.382 e. The van der Waals surface area contributed by atoms with E-state index in [1.807, 2.05) is 13.8 Å². The van der Waals surface area contributed by atoms with Crippen LogP contribution < -0.4 is 16.0 Å². The molecule has 23 heavy (non-hydrogen) atoms. The van der Waals surface area contributed by atoms with Crippen LogP contribution in [0.4, 0.5) is 0 Å². The maximum Gasteiger partial charge on any atom is 0.221 e. The molecule has 1 unspecified atom stereocenters. The van der Waals surface area contributed by atoms with Crippen LogP contribution in [0.5, 0.6) is 0 Å². The Morgan fingerprint density at radius 1 is 1.17 bits per heavy atom. The van der Waals surface area contributed by atoms with Gasteiger partial charge >= 0.3 is 0 Å². The number of nitrogens with one attached hydrogen (secondary N) is 3. The number of methoxy groups -OCH3 is 1. The molecular formula is C16H34N4O3. The molecule has 0 aliphatic carbocycles. The van der Waals surface area contributed by atoms with Crippen LogP contribution in [0.2, 0.25) is 0 Å². The van der Waals surface area contributed by atoms with E-state index < -0.39 is 0 Å². The van der Waals surface area contributed by atoms with E-state index in [0.29, 0.717) is 39.3 Å². The average molecular weight is 330 g/mol. The summed E-state index contributed by atoms with van der Waals surface area (Å²) in [6.07, 6.45) is 2.24. The molecule has 7 heteroatoms. The van der Waals surface area contributed by atoms with E-state index in [2.05, 4.69) is 27.9 Å². The maximum absolute atomic E-state index is 11.7. The van der Waals surface area contributed by atoms with Crippen molar-refractivity contribution >= 4 is 11.9 Å². The van der Waals surface area contributed by atoms with E-state index in [1.54, 1.807) is 7.11 Å². The molecule has 0 rings (SSSR count). The molecule has 3 N–H and O–H groups in total. The van der Waals surface area contributed by atoms with E-state index >= 15 is 0 Å². The first-order chi connectivity index (χ1) is 11.1. The number of aliphatic imine (C=N–C) groups is 1. The second-order valence-electron chi connectivity index (χ2n) is 5.27. The zero-order valence-corrected chi connectivity index (χ0v) is 15.1. The smallest absolute Gasteiger partial charge is 0.221 e. The summed E-state index contributed by atoms with van der Waals surface area (Å²) in [4.78, 5) is 16.2. The van der Waals surface area contributed by atoms with E-state index in [9.17, 15) is 4.79 Å². The highest BCUT2D eigenvalue weighted by Crippen LogP contribution is 1.89. The van der Waals surface area contributed by atoms with Crippen LogP contribution in [0.25, 0.3) is 0 Å². The monoisotopic (exact) mass is 330 g/mol. The molecule has 0 aromatic heterocycles. The van der Waals surface area contributed by atoms with Crippen LogP contribution in [0.1, 0.15) is 40.0 Å². The van der Waals surface area contributed by atoms with Crippen LogP contribution in [0.3, 0.4) is 0 Å². The number of hydrogen-bond acceptors (Lipinski definition) is 4. The van der Waals surface area contributed by atoms with Gasteiger partial charge in [0.05, 0.1) is 13.2 Å². The Balaban J connectivity index is 3.87. The van der Waals surface area contributed by atoms with Crippen molar-refractivity contribution in [1.82, 2.24) is 16.0 Å². The van der Waals surface area contributed by atoms with Crippen molar-refractivity contribution in [3.05, 3.63) is 0 Å². The molecule has 0 aromatic carbocycles. The molecule has 0 fully saturated rings. The van der Waals surface area contributed by atoms with E-state index in [-0.39, 0.29) is 11.9 Å². The first-order valence-electron chi connectivity index (χ1n) is 8.52. The molecule has 1 amide bonds. The molecule has 0 aliphatic heterocycles. The lowest BCUT2D eigenvalue weighted by Crippen LogP contribution is -2.40. The SMILES string of the molecule is CCNC(=NCCCOCCOC)NCCC(=O)NC(C)CC. The quantitative estimate of drug-likeness (QED) is 0.265. The van der Waals surface area contributed by atoms with Crippen LogP contribution >= 0.6 is 0 Å². The van der Waals surface area contributed by atoms with Gasteiger partial charge in [-0.3, -0.25) is 9.79 Å². The molecular weight excluding hydrogens is 296 g/mol. The standard InChI is InChI=1S/C16H34N4O3/c1-5-14(3)20-15(21)8-10-19-16(17-6-2)18-9-7-11-23-13-12-22-4/h14H,5-13H2,1-4H3,(H,20,21)(H2,17,18,19). The normalized spacial score (nSPS) is 12.8. The van der Waals surface area contributed by atoms with Gasteiger partial charge in [0, 0.05) is 45.8 Å². The summed E-state index contributed by atoms with van der Waals surface area (Å²) >= 11 is 0. The summed E-state index contributed by atoms with van der Waals surface area (Å²) in [5, 5.41) is 9.28. The highest BCUT2D eigenvalue weighted by atomic mass is 16.5. The summed E-state index contributed by atoms with van der Waals surface area (Å²) in [5.74, 6) is 0.801. The third-order valence-corrected chi connectivity index (χ3v) is 3.16. The number of rotatable bonds is 13. The van der Waals surface area contributed by atoms with Gasteiger partial charge < -0.3 is 25.4 Å². The highest BCUT2D eigenvalue weighted by molar-refractivity contribution is 5.81. The first-order valence-corrected chi connectivity index (χ1v) is 8.52. The number of nitrogens with zero attached hydrogens (tertiary/aromatic N) is 1. The minimum atomic E-state index is 0.0641. The fourth-order valence-corrected chi connectivity index (χ4v) is 1.69. The van der Waals surface area contributed by atoms with Crippen molar-refractivity contribution in [2.45, 2.75) is 46.1 Å². The average Bonchev–Trinajstić information content (AvgIpc) is 2.53. The van der Waals surface area contributed by atoms with Gasteiger partial charge in [-0.05, 0) is 26.7 Å². The van der Waals surface area contributed by atoms with Crippen LogP contribution in [0.15, 0.2) is 4.99 Å². The van der Waals surface area contributed by atoms with Crippen molar-refractivity contribution in [3.63, 3.8) is 0 Å². The topological polar surface area (TPSA) is 84.0 Å². The Morgan fingerprint density at radius 3 is 2.61 bits per heavy atom. The van der Waals surface area contributed by atoms with Crippen molar-refractivity contribution in [3.8, 4) is 0 Å². The van der Waals surface area contributed by atoms with Crippen molar-refractivity contribution in [2.24, 2.45) is 4.99 Å². The number of hydrogen-bond donors (Lipinski definition) is 3. The fraction of sp³-hybridized carbons (Fsp3) is 0.875. The van der Waals surface area contributed by atoms with Gasteiger partial charge in [0.15, 0.2) is 5.96 Å². The molecule has 0 radical (unpaired) electrons.